The van der Waals surface area contributed by atoms with Crippen LogP contribution in [-0.4, -0.2) is 89.8 Å². The van der Waals surface area contributed by atoms with E-state index in [-0.39, 0.29) is 0 Å². The minimum Gasteiger partial charge on any atom is -0.383 e. The van der Waals surface area contributed by atoms with Crippen molar-refractivity contribution in [2.24, 2.45) is 4.99 Å². The molecule has 0 spiro atoms. The molecule has 7 heteroatoms. The Labute approximate surface area is 146 Å². The second-order valence-corrected chi connectivity index (χ2v) is 6.41. The Kier molecular flexibility index (Phi) is 9.42. The van der Waals surface area contributed by atoms with Gasteiger partial charge in [-0.25, -0.2) is 0 Å². The lowest BCUT2D eigenvalue weighted by atomic mass is 10.2. The molecule has 24 heavy (non-hydrogen) atoms. The first-order valence-electron chi connectivity index (χ1n) is 9.20. The van der Waals surface area contributed by atoms with Crippen LogP contribution in [0.4, 0.5) is 0 Å². The third-order valence-electron chi connectivity index (χ3n) is 4.67. The molecule has 0 aromatic heterocycles. The van der Waals surface area contributed by atoms with Crippen molar-refractivity contribution >= 4 is 5.96 Å². The van der Waals surface area contributed by atoms with Crippen molar-refractivity contribution in [3.63, 3.8) is 0 Å². The van der Waals surface area contributed by atoms with Gasteiger partial charge in [-0.05, 0) is 32.2 Å². The lowest BCUT2D eigenvalue weighted by Crippen LogP contribution is -2.45. The lowest BCUT2D eigenvalue weighted by Gasteiger charge is -2.25. The van der Waals surface area contributed by atoms with Gasteiger partial charge in [0.1, 0.15) is 0 Å². The summed E-state index contributed by atoms with van der Waals surface area (Å²) in [6.07, 6.45) is 4.80. The molecular weight excluding hydrogens is 308 g/mol. The molecule has 2 N–H and O–H groups in total. The molecule has 2 saturated heterocycles. The summed E-state index contributed by atoms with van der Waals surface area (Å²) in [6, 6.07) is 0.574. The smallest absolute Gasteiger partial charge is 0.191 e. The molecular formula is C17H34N4O3. The highest BCUT2D eigenvalue weighted by Gasteiger charge is 2.23. The van der Waals surface area contributed by atoms with Crippen molar-refractivity contribution in [2.75, 3.05) is 66.8 Å². The van der Waals surface area contributed by atoms with E-state index in [0.29, 0.717) is 12.1 Å². The van der Waals surface area contributed by atoms with E-state index in [9.17, 15) is 0 Å². The predicted molar refractivity (Wildman–Crippen MR) is 95.6 cm³/mol. The van der Waals surface area contributed by atoms with E-state index < -0.39 is 0 Å². The summed E-state index contributed by atoms with van der Waals surface area (Å²) in [4.78, 5) is 6.80. The fourth-order valence-corrected chi connectivity index (χ4v) is 3.24. The molecule has 2 unspecified atom stereocenters. The van der Waals surface area contributed by atoms with Crippen molar-refractivity contribution < 1.29 is 14.2 Å². The van der Waals surface area contributed by atoms with Gasteiger partial charge in [-0.3, -0.25) is 9.89 Å². The maximum absolute atomic E-state index is 5.77. The molecule has 0 aromatic rings. The van der Waals surface area contributed by atoms with E-state index in [1.54, 1.807) is 7.11 Å². The Morgan fingerprint density at radius 3 is 2.96 bits per heavy atom. The predicted octanol–water partition coefficient (Wildman–Crippen LogP) is 0.458. The third kappa shape index (κ3) is 6.93. The summed E-state index contributed by atoms with van der Waals surface area (Å²) in [6.45, 7) is 7.13. The zero-order valence-corrected chi connectivity index (χ0v) is 15.3. The van der Waals surface area contributed by atoms with Crippen molar-refractivity contribution in [1.29, 1.82) is 0 Å². The Hall–Kier alpha value is -0.890. The number of rotatable bonds is 10. The van der Waals surface area contributed by atoms with Crippen LogP contribution in [0.2, 0.25) is 0 Å². The number of nitrogens with one attached hydrogen (secondary N) is 2. The molecule has 7 nitrogen and oxygen atoms in total. The fourth-order valence-electron chi connectivity index (χ4n) is 3.24. The number of methoxy groups -OCH3 is 1. The van der Waals surface area contributed by atoms with Crippen LogP contribution in [-0.2, 0) is 14.2 Å². The average Bonchev–Trinajstić information content (AvgIpc) is 3.27. The summed E-state index contributed by atoms with van der Waals surface area (Å²) < 4.78 is 16.3. The van der Waals surface area contributed by atoms with Crippen LogP contribution in [0.25, 0.3) is 0 Å². The Bertz CT molecular complexity index is 362. The molecule has 140 valence electrons. The van der Waals surface area contributed by atoms with Gasteiger partial charge < -0.3 is 24.8 Å². The van der Waals surface area contributed by atoms with Crippen LogP contribution >= 0.6 is 0 Å². The maximum Gasteiger partial charge on any atom is 0.191 e. The van der Waals surface area contributed by atoms with Gasteiger partial charge in [0.2, 0.25) is 0 Å². The molecule has 0 aromatic carbocycles. The molecule has 0 aliphatic carbocycles. The van der Waals surface area contributed by atoms with E-state index in [2.05, 4.69) is 20.5 Å². The van der Waals surface area contributed by atoms with Crippen LogP contribution in [0.5, 0.6) is 0 Å². The van der Waals surface area contributed by atoms with Gasteiger partial charge in [0, 0.05) is 53.0 Å². The molecule has 0 bridgehead atoms. The number of hydrogen-bond donors (Lipinski definition) is 2. The quantitative estimate of drug-likeness (QED) is 0.342. The summed E-state index contributed by atoms with van der Waals surface area (Å²) >= 11 is 0. The van der Waals surface area contributed by atoms with E-state index >= 15 is 0 Å². The third-order valence-corrected chi connectivity index (χ3v) is 4.67. The number of aliphatic imine (C=N–C) groups is 1. The standard InChI is InChI=1S/C17H34N4O3/c1-18-17(19-7-4-10-24-16-6-11-23-14-16)20-13-15-5-3-8-21(15)9-12-22-2/h15-16H,3-14H2,1-2H3,(H2,18,19,20). The van der Waals surface area contributed by atoms with Gasteiger partial charge in [0.25, 0.3) is 0 Å². The van der Waals surface area contributed by atoms with Crippen molar-refractivity contribution in [1.82, 2.24) is 15.5 Å². The Balaban J connectivity index is 1.54. The van der Waals surface area contributed by atoms with Gasteiger partial charge in [0.05, 0.1) is 19.3 Å². The molecule has 2 heterocycles. The number of likely N-dealkylation sites (tertiary alicyclic amines) is 1. The zero-order chi connectivity index (χ0) is 17.0. The minimum atomic E-state index is 0.294. The first-order valence-corrected chi connectivity index (χ1v) is 9.20. The molecule has 2 aliphatic heterocycles. The maximum atomic E-state index is 5.77. The highest BCUT2D eigenvalue weighted by atomic mass is 16.5. The highest BCUT2D eigenvalue weighted by molar-refractivity contribution is 5.79. The van der Waals surface area contributed by atoms with E-state index in [4.69, 9.17) is 14.2 Å². The van der Waals surface area contributed by atoms with Gasteiger partial charge in [-0.15, -0.1) is 0 Å². The molecule has 0 amide bonds. The normalized spacial score (nSPS) is 25.3. The number of nitrogens with zero attached hydrogens (tertiary/aromatic N) is 2. The number of ether oxygens (including phenoxy) is 3. The Morgan fingerprint density at radius 1 is 1.29 bits per heavy atom. The molecule has 2 fully saturated rings. The second-order valence-electron chi connectivity index (χ2n) is 6.41. The molecule has 0 saturated carbocycles. The van der Waals surface area contributed by atoms with Crippen LogP contribution in [0.15, 0.2) is 4.99 Å². The van der Waals surface area contributed by atoms with Crippen LogP contribution in [0.3, 0.4) is 0 Å². The highest BCUT2D eigenvalue weighted by Crippen LogP contribution is 2.15. The van der Waals surface area contributed by atoms with Crippen molar-refractivity contribution in [3.05, 3.63) is 0 Å². The second kappa shape index (κ2) is 11.6. The summed E-state index contributed by atoms with van der Waals surface area (Å²) in [5, 5.41) is 6.81. The largest absolute Gasteiger partial charge is 0.383 e. The minimum absolute atomic E-state index is 0.294. The van der Waals surface area contributed by atoms with Crippen molar-refractivity contribution in [3.8, 4) is 0 Å². The van der Waals surface area contributed by atoms with Gasteiger partial charge in [-0.2, -0.15) is 0 Å². The molecule has 2 rings (SSSR count). The molecule has 2 atom stereocenters. The SMILES string of the molecule is CN=C(NCCCOC1CCOC1)NCC1CCCN1CCOC. The van der Waals surface area contributed by atoms with E-state index in [1.165, 1.54) is 19.4 Å². The van der Waals surface area contributed by atoms with Crippen LogP contribution in [0.1, 0.15) is 25.7 Å². The first kappa shape index (κ1) is 19.4. The zero-order valence-electron chi connectivity index (χ0n) is 15.3. The average molecular weight is 342 g/mol. The molecule has 2 aliphatic rings. The van der Waals surface area contributed by atoms with E-state index in [1.807, 2.05) is 7.05 Å². The van der Waals surface area contributed by atoms with Crippen molar-refractivity contribution in [2.45, 2.75) is 37.8 Å². The summed E-state index contributed by atoms with van der Waals surface area (Å²) in [5.41, 5.74) is 0. The summed E-state index contributed by atoms with van der Waals surface area (Å²) in [7, 11) is 3.58. The Morgan fingerprint density at radius 2 is 2.21 bits per heavy atom. The first-order chi connectivity index (χ1) is 11.8. The topological polar surface area (TPSA) is 67.4 Å². The van der Waals surface area contributed by atoms with Gasteiger partial charge >= 0.3 is 0 Å². The lowest BCUT2D eigenvalue weighted by molar-refractivity contribution is 0.0420. The van der Waals surface area contributed by atoms with Gasteiger partial charge in [-0.1, -0.05) is 0 Å². The van der Waals surface area contributed by atoms with E-state index in [0.717, 1.165) is 64.9 Å². The van der Waals surface area contributed by atoms with Crippen LogP contribution in [0, 0.1) is 0 Å². The fraction of sp³-hybridized carbons (Fsp3) is 0.941. The summed E-state index contributed by atoms with van der Waals surface area (Å²) in [5.74, 6) is 0.873. The van der Waals surface area contributed by atoms with Crippen LogP contribution < -0.4 is 10.6 Å². The number of guanidine groups is 1. The number of hydrogen-bond acceptors (Lipinski definition) is 5. The molecule has 0 radical (unpaired) electrons. The monoisotopic (exact) mass is 342 g/mol. The van der Waals surface area contributed by atoms with Gasteiger partial charge in [0.15, 0.2) is 5.96 Å².